The van der Waals surface area contributed by atoms with Crippen molar-refractivity contribution in [2.24, 2.45) is 5.92 Å². The Morgan fingerprint density at radius 3 is 2.60 bits per heavy atom. The summed E-state index contributed by atoms with van der Waals surface area (Å²) in [6, 6.07) is 21.4. The zero-order chi connectivity index (χ0) is 24.2. The van der Waals surface area contributed by atoms with Gasteiger partial charge in [-0.3, -0.25) is 9.59 Å². The van der Waals surface area contributed by atoms with Crippen molar-refractivity contribution in [3.8, 4) is 11.5 Å². The van der Waals surface area contributed by atoms with Crippen LogP contribution in [0.25, 0.3) is 11.5 Å². The van der Waals surface area contributed by atoms with Crippen LogP contribution >= 0.6 is 11.8 Å². The van der Waals surface area contributed by atoms with E-state index in [0.717, 1.165) is 29.1 Å². The van der Waals surface area contributed by atoms with Gasteiger partial charge >= 0.3 is 0 Å². The number of amides is 2. The number of thioether (sulfide) groups is 1. The lowest BCUT2D eigenvalue weighted by atomic mass is 9.96. The van der Waals surface area contributed by atoms with Gasteiger partial charge < -0.3 is 14.8 Å². The van der Waals surface area contributed by atoms with Gasteiger partial charge in [0.2, 0.25) is 5.91 Å². The molecule has 0 aliphatic carbocycles. The summed E-state index contributed by atoms with van der Waals surface area (Å²) in [4.78, 5) is 29.6. The van der Waals surface area contributed by atoms with Gasteiger partial charge in [0.1, 0.15) is 5.56 Å². The van der Waals surface area contributed by atoms with E-state index in [1.165, 1.54) is 0 Å². The second-order valence-electron chi connectivity index (χ2n) is 8.53. The van der Waals surface area contributed by atoms with E-state index in [1.54, 1.807) is 27.5 Å². The predicted molar refractivity (Wildman–Crippen MR) is 138 cm³/mol. The molecular weight excluding hydrogens is 458 g/mol. The highest BCUT2D eigenvalue weighted by atomic mass is 32.2. The van der Waals surface area contributed by atoms with Crippen molar-refractivity contribution >= 4 is 29.3 Å². The van der Waals surface area contributed by atoms with Crippen LogP contribution in [0, 0.1) is 5.92 Å². The molecule has 3 heterocycles. The third kappa shape index (κ3) is 4.88. The summed E-state index contributed by atoms with van der Waals surface area (Å²) < 4.78 is 3.68. The number of anilines is 1. The van der Waals surface area contributed by atoms with E-state index in [-0.39, 0.29) is 17.7 Å². The zero-order valence-electron chi connectivity index (χ0n) is 19.5. The number of nitrogens with one attached hydrogen (secondary N) is 1. The highest BCUT2D eigenvalue weighted by Gasteiger charge is 2.31. The molecule has 1 fully saturated rings. The molecule has 1 aliphatic heterocycles. The van der Waals surface area contributed by atoms with Crippen LogP contribution in [-0.2, 0) is 4.79 Å². The lowest BCUT2D eigenvalue weighted by molar-refractivity contribution is -0.121. The van der Waals surface area contributed by atoms with Crippen molar-refractivity contribution in [3.63, 3.8) is 0 Å². The lowest BCUT2D eigenvalue weighted by Gasteiger charge is -2.32. The second kappa shape index (κ2) is 10.2. The van der Waals surface area contributed by atoms with Gasteiger partial charge in [0, 0.05) is 36.1 Å². The first-order chi connectivity index (χ1) is 17.1. The smallest absolute Gasteiger partial charge is 0.259 e. The standard InChI is InChI=1S/C27H27N5O2S/c1-35-23-13-7-10-21(17-23)29-25(33)20-9-8-16-31(19-20)27(34)24-18-28-32(22-11-3-2-4-12-22)26(24)30-14-5-6-15-30/h2-7,10-15,17-18,20H,8-9,16,19H2,1H3,(H,29,33). The molecule has 0 saturated carbocycles. The Morgan fingerprint density at radius 2 is 1.83 bits per heavy atom. The molecule has 1 unspecified atom stereocenters. The molecule has 1 aliphatic rings. The quantitative estimate of drug-likeness (QED) is 0.395. The van der Waals surface area contributed by atoms with Gasteiger partial charge in [-0.2, -0.15) is 5.10 Å². The van der Waals surface area contributed by atoms with Crippen molar-refractivity contribution in [1.82, 2.24) is 19.2 Å². The van der Waals surface area contributed by atoms with Crippen molar-refractivity contribution in [2.45, 2.75) is 17.7 Å². The highest BCUT2D eigenvalue weighted by molar-refractivity contribution is 7.98. The topological polar surface area (TPSA) is 72.2 Å². The maximum atomic E-state index is 13.7. The molecule has 35 heavy (non-hydrogen) atoms. The van der Waals surface area contributed by atoms with Crippen LogP contribution in [0.15, 0.2) is 90.2 Å². The first-order valence-electron chi connectivity index (χ1n) is 11.6. The van der Waals surface area contributed by atoms with E-state index in [4.69, 9.17) is 0 Å². The van der Waals surface area contributed by atoms with E-state index < -0.39 is 0 Å². The molecule has 1 N–H and O–H groups in total. The summed E-state index contributed by atoms with van der Waals surface area (Å²) in [5.74, 6) is 0.264. The van der Waals surface area contributed by atoms with Gasteiger partial charge in [-0.1, -0.05) is 24.3 Å². The molecule has 0 radical (unpaired) electrons. The van der Waals surface area contributed by atoms with Crippen LogP contribution in [0.5, 0.6) is 0 Å². The summed E-state index contributed by atoms with van der Waals surface area (Å²) >= 11 is 1.63. The number of hydrogen-bond donors (Lipinski definition) is 1. The molecule has 7 nitrogen and oxygen atoms in total. The van der Waals surface area contributed by atoms with E-state index in [9.17, 15) is 9.59 Å². The SMILES string of the molecule is CSc1cccc(NC(=O)C2CCCN(C(=O)c3cnn(-c4ccccc4)c3-n3cccc3)C2)c1. The van der Waals surface area contributed by atoms with Crippen LogP contribution in [-0.4, -0.2) is 50.4 Å². The molecule has 4 aromatic rings. The summed E-state index contributed by atoms with van der Waals surface area (Å²) in [7, 11) is 0. The zero-order valence-corrected chi connectivity index (χ0v) is 20.3. The van der Waals surface area contributed by atoms with Crippen molar-refractivity contribution in [2.75, 3.05) is 24.7 Å². The van der Waals surface area contributed by atoms with Crippen LogP contribution < -0.4 is 5.32 Å². The molecule has 2 amide bonds. The minimum Gasteiger partial charge on any atom is -0.338 e. The fourth-order valence-corrected chi connectivity index (χ4v) is 4.93. The van der Waals surface area contributed by atoms with Gasteiger partial charge in [-0.15, -0.1) is 11.8 Å². The van der Waals surface area contributed by atoms with Gasteiger partial charge in [-0.25, -0.2) is 4.68 Å². The number of carbonyl (C=O) groups excluding carboxylic acids is 2. The number of aromatic nitrogens is 3. The Bertz CT molecular complexity index is 1320. The Labute approximate surface area is 208 Å². The van der Waals surface area contributed by atoms with Crippen LogP contribution in [0.3, 0.4) is 0 Å². The lowest BCUT2D eigenvalue weighted by Crippen LogP contribution is -2.44. The predicted octanol–water partition coefficient (Wildman–Crippen LogP) is 4.88. The molecule has 0 bridgehead atoms. The average molecular weight is 486 g/mol. The minimum atomic E-state index is -0.259. The third-order valence-electron chi connectivity index (χ3n) is 6.24. The Balaban J connectivity index is 1.37. The Morgan fingerprint density at radius 1 is 1.03 bits per heavy atom. The normalized spacial score (nSPS) is 15.7. The summed E-state index contributed by atoms with van der Waals surface area (Å²) in [5, 5.41) is 7.59. The van der Waals surface area contributed by atoms with Crippen molar-refractivity contribution < 1.29 is 9.59 Å². The number of rotatable bonds is 6. The monoisotopic (exact) mass is 485 g/mol. The maximum Gasteiger partial charge on any atom is 0.259 e. The van der Waals surface area contributed by atoms with Gasteiger partial charge in [0.15, 0.2) is 5.82 Å². The largest absolute Gasteiger partial charge is 0.338 e. The number of likely N-dealkylation sites (tertiary alicyclic amines) is 1. The molecule has 2 aromatic heterocycles. The molecule has 0 spiro atoms. The van der Waals surface area contributed by atoms with Crippen LogP contribution in [0.2, 0.25) is 0 Å². The fourth-order valence-electron chi connectivity index (χ4n) is 4.47. The molecule has 2 aromatic carbocycles. The number of para-hydroxylation sites is 1. The maximum absolute atomic E-state index is 13.7. The van der Waals surface area contributed by atoms with E-state index in [2.05, 4.69) is 10.4 Å². The van der Waals surface area contributed by atoms with Gasteiger partial charge in [-0.05, 0) is 61.6 Å². The first kappa shape index (κ1) is 23.0. The molecule has 1 atom stereocenters. The molecule has 5 rings (SSSR count). The number of carbonyl (C=O) groups is 2. The van der Waals surface area contributed by atoms with Crippen LogP contribution in [0.4, 0.5) is 5.69 Å². The summed E-state index contributed by atoms with van der Waals surface area (Å²) in [6.45, 7) is 1.00. The van der Waals surface area contributed by atoms with Gasteiger partial charge in [0.05, 0.1) is 17.8 Å². The Hall–Kier alpha value is -3.78. The number of benzene rings is 2. The number of hydrogen-bond acceptors (Lipinski definition) is 4. The van der Waals surface area contributed by atoms with Gasteiger partial charge in [0.25, 0.3) is 5.91 Å². The molecule has 178 valence electrons. The van der Waals surface area contributed by atoms with Crippen molar-refractivity contribution in [3.05, 3.63) is 90.9 Å². The van der Waals surface area contributed by atoms with E-state index in [0.29, 0.717) is 24.5 Å². The summed E-state index contributed by atoms with van der Waals surface area (Å²) in [5.41, 5.74) is 2.17. The van der Waals surface area contributed by atoms with Crippen LogP contribution in [0.1, 0.15) is 23.2 Å². The highest BCUT2D eigenvalue weighted by Crippen LogP contribution is 2.26. The number of piperidine rings is 1. The number of nitrogens with zero attached hydrogens (tertiary/aromatic N) is 4. The second-order valence-corrected chi connectivity index (χ2v) is 9.41. The minimum absolute atomic E-state index is 0.0497. The van der Waals surface area contributed by atoms with E-state index in [1.807, 2.05) is 89.9 Å². The van der Waals surface area contributed by atoms with Crippen molar-refractivity contribution in [1.29, 1.82) is 0 Å². The van der Waals surface area contributed by atoms with E-state index >= 15 is 0 Å². The molecule has 1 saturated heterocycles. The average Bonchev–Trinajstić information content (AvgIpc) is 3.59. The third-order valence-corrected chi connectivity index (χ3v) is 6.97. The Kier molecular flexibility index (Phi) is 6.72. The summed E-state index contributed by atoms with van der Waals surface area (Å²) in [6.07, 6.45) is 8.98. The molecular formula is C27H27N5O2S. The first-order valence-corrected chi connectivity index (χ1v) is 12.9. The fraction of sp³-hybridized carbons (Fsp3) is 0.222. The molecule has 8 heteroatoms.